The Balaban J connectivity index is 2.24. The molecule has 116 valence electrons. The molecule has 0 unspecified atom stereocenters. The second-order valence-corrected chi connectivity index (χ2v) is 7.60. The van der Waals surface area contributed by atoms with E-state index in [1.54, 1.807) is 6.07 Å². The van der Waals surface area contributed by atoms with Crippen molar-refractivity contribution in [1.82, 2.24) is 5.43 Å². The van der Waals surface area contributed by atoms with Gasteiger partial charge in [-0.2, -0.15) is 0 Å². The van der Waals surface area contributed by atoms with Gasteiger partial charge in [0.05, 0.1) is 21.5 Å². The molecule has 2 rings (SSSR count). The summed E-state index contributed by atoms with van der Waals surface area (Å²) in [4.78, 5) is 13.8. The fraction of sp³-hybridized carbons (Fsp3) is 0.462. The maximum atomic E-state index is 11.6. The average molecular weight is 332 g/mol. The molecular formula is C13H18ClN3O3S. The maximum absolute atomic E-state index is 11.6. The number of sulfone groups is 1. The van der Waals surface area contributed by atoms with Crippen LogP contribution in [-0.2, 0) is 14.6 Å². The van der Waals surface area contributed by atoms with Gasteiger partial charge < -0.3 is 4.90 Å². The fourth-order valence-electron chi connectivity index (χ4n) is 2.50. The summed E-state index contributed by atoms with van der Waals surface area (Å²) in [5.41, 5.74) is 2.91. The summed E-state index contributed by atoms with van der Waals surface area (Å²) in [5, 5.41) is 0.367. The Hall–Kier alpha value is -1.31. The quantitative estimate of drug-likeness (QED) is 0.489. The summed E-state index contributed by atoms with van der Waals surface area (Å²) in [6, 6.07) is 4.66. The average Bonchev–Trinajstić information content (AvgIpc) is 2.45. The van der Waals surface area contributed by atoms with Gasteiger partial charge in [0.1, 0.15) is 0 Å². The predicted octanol–water partition coefficient (Wildman–Crippen LogP) is 0.950. The van der Waals surface area contributed by atoms with Crippen LogP contribution in [0.4, 0.5) is 5.69 Å². The highest BCUT2D eigenvalue weighted by Gasteiger charge is 2.26. The highest BCUT2D eigenvalue weighted by atomic mass is 35.5. The summed E-state index contributed by atoms with van der Waals surface area (Å²) >= 11 is 6.20. The Morgan fingerprint density at radius 3 is 2.76 bits per heavy atom. The third kappa shape index (κ3) is 3.66. The zero-order valence-electron chi connectivity index (χ0n) is 11.7. The summed E-state index contributed by atoms with van der Waals surface area (Å²) < 4.78 is 23.0. The number of halogens is 1. The van der Waals surface area contributed by atoms with Gasteiger partial charge in [-0.1, -0.05) is 11.6 Å². The fourth-order valence-corrected chi connectivity index (χ4v) is 3.51. The molecule has 1 atom stereocenters. The number of nitrogens with zero attached hydrogens (tertiary/aromatic N) is 1. The van der Waals surface area contributed by atoms with Gasteiger partial charge in [0.15, 0.2) is 9.84 Å². The van der Waals surface area contributed by atoms with Crippen LogP contribution in [0.3, 0.4) is 0 Å². The predicted molar refractivity (Wildman–Crippen MR) is 81.8 cm³/mol. The first-order chi connectivity index (χ1) is 9.82. The summed E-state index contributed by atoms with van der Waals surface area (Å²) in [6.45, 7) is 1.28. The number of hydrazine groups is 1. The lowest BCUT2D eigenvalue weighted by Gasteiger charge is -2.34. The highest BCUT2D eigenvalue weighted by Crippen LogP contribution is 2.31. The Morgan fingerprint density at radius 1 is 1.48 bits per heavy atom. The molecule has 8 heteroatoms. The Kier molecular flexibility index (Phi) is 4.75. The van der Waals surface area contributed by atoms with Crippen LogP contribution in [0.15, 0.2) is 23.1 Å². The lowest BCUT2D eigenvalue weighted by Crippen LogP contribution is -2.45. The van der Waals surface area contributed by atoms with Crippen molar-refractivity contribution < 1.29 is 13.2 Å². The number of carbonyl (C=O) groups excluding carboxylic acids is 1. The Morgan fingerprint density at radius 2 is 2.19 bits per heavy atom. The number of nitrogens with two attached hydrogens (primary N) is 1. The van der Waals surface area contributed by atoms with Crippen molar-refractivity contribution in [3.8, 4) is 0 Å². The van der Waals surface area contributed by atoms with Gasteiger partial charge in [-0.15, -0.1) is 0 Å². The normalized spacial score (nSPS) is 19.4. The molecule has 1 aromatic rings. The number of carbonyl (C=O) groups is 1. The molecule has 1 aliphatic heterocycles. The second kappa shape index (κ2) is 6.21. The molecule has 0 saturated carbocycles. The van der Waals surface area contributed by atoms with Crippen LogP contribution in [0.2, 0.25) is 5.02 Å². The smallest absolute Gasteiger partial charge is 0.238 e. The third-order valence-corrected chi connectivity index (χ3v) is 5.04. The van der Waals surface area contributed by atoms with E-state index in [0.717, 1.165) is 31.3 Å². The van der Waals surface area contributed by atoms with E-state index in [-0.39, 0.29) is 16.7 Å². The highest BCUT2D eigenvalue weighted by molar-refractivity contribution is 7.90. The summed E-state index contributed by atoms with van der Waals surface area (Å²) in [5.74, 6) is 4.80. The van der Waals surface area contributed by atoms with Crippen LogP contribution < -0.4 is 16.2 Å². The first-order valence-corrected chi connectivity index (χ1v) is 8.85. The number of hydrogen-bond donors (Lipinski definition) is 2. The van der Waals surface area contributed by atoms with Crippen LogP contribution in [-0.4, -0.2) is 33.7 Å². The number of amides is 1. The van der Waals surface area contributed by atoms with Gasteiger partial charge in [0.2, 0.25) is 5.91 Å². The zero-order valence-corrected chi connectivity index (χ0v) is 13.2. The molecular weight excluding hydrogens is 314 g/mol. The number of hydrogen-bond acceptors (Lipinski definition) is 5. The maximum Gasteiger partial charge on any atom is 0.238 e. The molecule has 1 aromatic carbocycles. The Labute approximate surface area is 129 Å². The lowest BCUT2D eigenvalue weighted by atomic mass is 9.97. The molecule has 6 nitrogen and oxygen atoms in total. The molecule has 0 aromatic heterocycles. The van der Waals surface area contributed by atoms with E-state index in [2.05, 4.69) is 5.43 Å². The van der Waals surface area contributed by atoms with E-state index in [9.17, 15) is 13.2 Å². The van der Waals surface area contributed by atoms with Crippen molar-refractivity contribution in [3.63, 3.8) is 0 Å². The standard InChI is InChI=1S/C13H18ClN3O3S/c1-21(19,20)10-4-5-12(11(14)7-10)17-6-2-3-9(8-17)13(18)16-15/h4-5,7,9H,2-3,6,8,15H2,1H3,(H,16,18)/t9-/m1/s1. The second-order valence-electron chi connectivity index (χ2n) is 5.18. The molecule has 1 saturated heterocycles. The van der Waals surface area contributed by atoms with Crippen LogP contribution in [0.1, 0.15) is 12.8 Å². The summed E-state index contributed by atoms with van der Waals surface area (Å²) in [6.07, 6.45) is 2.77. The van der Waals surface area contributed by atoms with E-state index >= 15 is 0 Å². The lowest BCUT2D eigenvalue weighted by molar-refractivity contribution is -0.125. The number of nitrogens with one attached hydrogen (secondary N) is 1. The molecule has 1 aliphatic rings. The first kappa shape index (κ1) is 16.1. The van der Waals surface area contributed by atoms with Crippen LogP contribution >= 0.6 is 11.6 Å². The molecule has 3 N–H and O–H groups in total. The minimum absolute atomic E-state index is 0.185. The largest absolute Gasteiger partial charge is 0.370 e. The van der Waals surface area contributed by atoms with Gasteiger partial charge in [0.25, 0.3) is 0 Å². The molecule has 0 spiro atoms. The number of anilines is 1. The zero-order chi connectivity index (χ0) is 15.6. The number of benzene rings is 1. The van der Waals surface area contributed by atoms with E-state index in [1.807, 2.05) is 4.90 Å². The van der Waals surface area contributed by atoms with Crippen molar-refractivity contribution in [2.45, 2.75) is 17.7 Å². The van der Waals surface area contributed by atoms with Crippen molar-refractivity contribution in [1.29, 1.82) is 0 Å². The molecule has 21 heavy (non-hydrogen) atoms. The first-order valence-electron chi connectivity index (χ1n) is 6.58. The SMILES string of the molecule is CS(=O)(=O)c1ccc(N2CCC[C@@H](C(=O)NN)C2)c(Cl)c1. The monoisotopic (exact) mass is 331 g/mol. The van der Waals surface area contributed by atoms with Gasteiger partial charge in [-0.3, -0.25) is 10.2 Å². The minimum Gasteiger partial charge on any atom is -0.370 e. The van der Waals surface area contributed by atoms with Gasteiger partial charge in [-0.25, -0.2) is 14.3 Å². The minimum atomic E-state index is -3.28. The van der Waals surface area contributed by atoms with E-state index < -0.39 is 9.84 Å². The topological polar surface area (TPSA) is 92.5 Å². The number of piperidine rings is 1. The molecule has 0 radical (unpaired) electrons. The molecule has 0 aliphatic carbocycles. The van der Waals surface area contributed by atoms with E-state index in [1.165, 1.54) is 12.1 Å². The van der Waals surface area contributed by atoms with Crippen LogP contribution in [0.25, 0.3) is 0 Å². The molecule has 1 fully saturated rings. The van der Waals surface area contributed by atoms with Gasteiger partial charge >= 0.3 is 0 Å². The van der Waals surface area contributed by atoms with Crippen molar-refractivity contribution >= 4 is 33.0 Å². The summed E-state index contributed by atoms with van der Waals surface area (Å²) in [7, 11) is -3.28. The third-order valence-electron chi connectivity index (χ3n) is 3.62. The van der Waals surface area contributed by atoms with Gasteiger partial charge in [0, 0.05) is 19.3 Å². The number of rotatable bonds is 3. The molecule has 0 bridgehead atoms. The Bertz CT molecular complexity index is 648. The van der Waals surface area contributed by atoms with Crippen molar-refractivity contribution in [2.24, 2.45) is 11.8 Å². The molecule has 1 amide bonds. The van der Waals surface area contributed by atoms with Crippen molar-refractivity contribution in [3.05, 3.63) is 23.2 Å². The van der Waals surface area contributed by atoms with E-state index in [0.29, 0.717) is 11.6 Å². The molecule has 1 heterocycles. The van der Waals surface area contributed by atoms with Crippen molar-refractivity contribution in [2.75, 3.05) is 24.2 Å². The van der Waals surface area contributed by atoms with E-state index in [4.69, 9.17) is 17.4 Å². The van der Waals surface area contributed by atoms with Crippen LogP contribution in [0.5, 0.6) is 0 Å². The van der Waals surface area contributed by atoms with Crippen LogP contribution in [0, 0.1) is 5.92 Å². The van der Waals surface area contributed by atoms with Gasteiger partial charge in [-0.05, 0) is 31.0 Å².